The lowest BCUT2D eigenvalue weighted by molar-refractivity contribution is 0.576. The van der Waals surface area contributed by atoms with E-state index in [1.807, 2.05) is 0 Å². The van der Waals surface area contributed by atoms with Crippen LogP contribution in [0.1, 0.15) is 6.42 Å². The molecule has 0 saturated carbocycles. The zero-order valence-corrected chi connectivity index (χ0v) is 10.0. The van der Waals surface area contributed by atoms with Gasteiger partial charge in [-0.05, 0) is 13.0 Å². The molecular formula is C7H15ClN4O2S. The molecule has 1 aromatic heterocycles. The first-order valence-corrected chi connectivity index (χ1v) is 5.72. The Labute approximate surface area is 95.3 Å². The molecule has 0 spiro atoms. The fourth-order valence-electron chi connectivity index (χ4n) is 0.910. The fourth-order valence-corrected chi connectivity index (χ4v) is 1.96. The van der Waals surface area contributed by atoms with Crippen LogP contribution < -0.4 is 10.5 Å². The molecule has 0 unspecified atom stereocenters. The standard InChI is InChI=1S/C7H14N4O2S.ClH/c1-11-5-7(9-6-11)14(12,13)10-4-2-3-8;/h5-6,10H,2-4,8H2,1H3;1H. The van der Waals surface area contributed by atoms with Crippen molar-refractivity contribution < 1.29 is 8.42 Å². The van der Waals surface area contributed by atoms with Gasteiger partial charge in [0.05, 0.1) is 6.33 Å². The van der Waals surface area contributed by atoms with E-state index in [9.17, 15) is 8.42 Å². The van der Waals surface area contributed by atoms with Crippen molar-refractivity contribution in [2.75, 3.05) is 13.1 Å². The van der Waals surface area contributed by atoms with Crippen LogP contribution in [0.3, 0.4) is 0 Å². The van der Waals surface area contributed by atoms with E-state index in [-0.39, 0.29) is 17.4 Å². The van der Waals surface area contributed by atoms with Crippen molar-refractivity contribution in [1.29, 1.82) is 0 Å². The first-order valence-electron chi connectivity index (χ1n) is 4.24. The average molecular weight is 255 g/mol. The molecule has 8 heteroatoms. The maximum atomic E-state index is 11.5. The lowest BCUT2D eigenvalue weighted by atomic mass is 10.4. The second kappa shape index (κ2) is 6.06. The number of rotatable bonds is 5. The van der Waals surface area contributed by atoms with Crippen molar-refractivity contribution in [1.82, 2.24) is 14.3 Å². The summed E-state index contributed by atoms with van der Waals surface area (Å²) in [5.74, 6) is 0. The van der Waals surface area contributed by atoms with Gasteiger partial charge < -0.3 is 10.3 Å². The van der Waals surface area contributed by atoms with Crippen LogP contribution in [0.4, 0.5) is 0 Å². The van der Waals surface area contributed by atoms with E-state index in [1.165, 1.54) is 12.5 Å². The molecule has 1 aromatic rings. The van der Waals surface area contributed by atoms with Crippen LogP contribution in [-0.2, 0) is 17.1 Å². The SMILES string of the molecule is Cl.Cn1cnc(S(=O)(=O)NCCCN)c1. The molecule has 0 aliphatic rings. The van der Waals surface area contributed by atoms with Crippen molar-refractivity contribution in [2.45, 2.75) is 11.4 Å². The van der Waals surface area contributed by atoms with Crippen LogP contribution in [0.25, 0.3) is 0 Å². The summed E-state index contributed by atoms with van der Waals surface area (Å²) in [7, 11) is -1.74. The van der Waals surface area contributed by atoms with E-state index in [0.717, 1.165) is 0 Å². The van der Waals surface area contributed by atoms with Gasteiger partial charge in [0, 0.05) is 19.8 Å². The molecule has 0 radical (unpaired) electrons. The second-order valence-corrected chi connectivity index (χ2v) is 4.63. The van der Waals surface area contributed by atoms with Crippen molar-refractivity contribution in [3.05, 3.63) is 12.5 Å². The largest absolute Gasteiger partial charge is 0.339 e. The summed E-state index contributed by atoms with van der Waals surface area (Å²) in [4.78, 5) is 3.75. The number of nitrogens with two attached hydrogens (primary N) is 1. The van der Waals surface area contributed by atoms with E-state index in [0.29, 0.717) is 19.5 Å². The van der Waals surface area contributed by atoms with Crippen LogP contribution in [0.2, 0.25) is 0 Å². The molecule has 0 aromatic carbocycles. The highest BCUT2D eigenvalue weighted by molar-refractivity contribution is 7.89. The highest BCUT2D eigenvalue weighted by Crippen LogP contribution is 2.03. The molecule has 0 bridgehead atoms. The topological polar surface area (TPSA) is 90.0 Å². The van der Waals surface area contributed by atoms with E-state index in [1.54, 1.807) is 11.6 Å². The number of aryl methyl sites for hydroxylation is 1. The number of hydrogen-bond donors (Lipinski definition) is 2. The van der Waals surface area contributed by atoms with Gasteiger partial charge in [-0.1, -0.05) is 0 Å². The third-order valence-electron chi connectivity index (χ3n) is 1.63. The quantitative estimate of drug-likeness (QED) is 0.691. The molecule has 0 atom stereocenters. The average Bonchev–Trinajstić information content (AvgIpc) is 2.53. The molecule has 6 nitrogen and oxygen atoms in total. The molecule has 15 heavy (non-hydrogen) atoms. The van der Waals surface area contributed by atoms with Crippen molar-refractivity contribution in [3.8, 4) is 0 Å². The van der Waals surface area contributed by atoms with Crippen molar-refractivity contribution in [3.63, 3.8) is 0 Å². The van der Waals surface area contributed by atoms with E-state index in [2.05, 4.69) is 9.71 Å². The van der Waals surface area contributed by atoms with Crippen LogP contribution >= 0.6 is 12.4 Å². The summed E-state index contributed by atoms with van der Waals surface area (Å²) in [5, 5.41) is 0.0389. The number of sulfonamides is 1. The van der Waals surface area contributed by atoms with Crippen LogP contribution in [0.5, 0.6) is 0 Å². The van der Waals surface area contributed by atoms with Crippen LogP contribution in [0, 0.1) is 0 Å². The Morgan fingerprint density at radius 2 is 2.27 bits per heavy atom. The molecule has 0 aliphatic heterocycles. The molecule has 88 valence electrons. The minimum Gasteiger partial charge on any atom is -0.339 e. The van der Waals surface area contributed by atoms with Crippen LogP contribution in [-0.4, -0.2) is 31.1 Å². The lowest BCUT2D eigenvalue weighted by Gasteiger charge is -2.01. The predicted octanol–water partition coefficient (Wildman–Crippen LogP) is -0.531. The van der Waals surface area contributed by atoms with E-state index in [4.69, 9.17) is 5.73 Å². The summed E-state index contributed by atoms with van der Waals surface area (Å²) in [6, 6.07) is 0. The molecule has 1 rings (SSSR count). The monoisotopic (exact) mass is 254 g/mol. The third-order valence-corrected chi connectivity index (χ3v) is 2.98. The maximum absolute atomic E-state index is 11.5. The Bertz CT molecular complexity index is 389. The summed E-state index contributed by atoms with van der Waals surface area (Å²) in [5.41, 5.74) is 5.25. The van der Waals surface area contributed by atoms with Gasteiger partial charge in [0.15, 0.2) is 5.03 Å². The maximum Gasteiger partial charge on any atom is 0.259 e. The minimum atomic E-state index is -3.45. The first kappa shape index (κ1) is 14.4. The zero-order valence-electron chi connectivity index (χ0n) is 8.38. The highest BCUT2D eigenvalue weighted by Gasteiger charge is 2.15. The smallest absolute Gasteiger partial charge is 0.259 e. The van der Waals surface area contributed by atoms with E-state index >= 15 is 0 Å². The molecule has 0 saturated heterocycles. The second-order valence-electron chi connectivity index (χ2n) is 2.92. The molecule has 0 fully saturated rings. The van der Waals surface area contributed by atoms with Crippen molar-refractivity contribution in [2.24, 2.45) is 12.8 Å². The normalized spacial score (nSPS) is 11.1. The van der Waals surface area contributed by atoms with Crippen LogP contribution in [0.15, 0.2) is 17.6 Å². The first-order chi connectivity index (χ1) is 6.56. The van der Waals surface area contributed by atoms with Crippen molar-refractivity contribution >= 4 is 22.4 Å². The summed E-state index contributed by atoms with van der Waals surface area (Å²) < 4.78 is 27.0. The molecular weight excluding hydrogens is 240 g/mol. The van der Waals surface area contributed by atoms with Gasteiger partial charge in [-0.2, -0.15) is 0 Å². The highest BCUT2D eigenvalue weighted by atomic mass is 35.5. The number of halogens is 1. The number of nitrogens with zero attached hydrogens (tertiary/aromatic N) is 2. The Morgan fingerprint density at radius 1 is 1.60 bits per heavy atom. The number of aromatic nitrogens is 2. The lowest BCUT2D eigenvalue weighted by Crippen LogP contribution is -2.26. The van der Waals surface area contributed by atoms with Gasteiger partial charge in [-0.15, -0.1) is 12.4 Å². The molecule has 3 N–H and O–H groups in total. The van der Waals surface area contributed by atoms with E-state index < -0.39 is 10.0 Å². The van der Waals surface area contributed by atoms with Gasteiger partial charge >= 0.3 is 0 Å². The number of hydrogen-bond acceptors (Lipinski definition) is 4. The minimum absolute atomic E-state index is 0. The Balaban J connectivity index is 0.00000196. The predicted molar refractivity (Wildman–Crippen MR) is 59.3 cm³/mol. The fraction of sp³-hybridized carbons (Fsp3) is 0.571. The Morgan fingerprint density at radius 3 is 2.73 bits per heavy atom. The molecule has 0 aliphatic carbocycles. The summed E-state index contributed by atoms with van der Waals surface area (Å²) in [6.07, 6.45) is 3.51. The Hall–Kier alpha value is -0.630. The van der Waals surface area contributed by atoms with Gasteiger partial charge in [0.1, 0.15) is 0 Å². The summed E-state index contributed by atoms with van der Waals surface area (Å²) in [6.45, 7) is 0.806. The number of imidazole rings is 1. The molecule has 0 amide bonds. The third kappa shape index (κ3) is 4.17. The van der Waals surface area contributed by atoms with Gasteiger partial charge in [-0.25, -0.2) is 18.1 Å². The Kier molecular flexibility index (Phi) is 5.81. The number of nitrogens with one attached hydrogen (secondary N) is 1. The van der Waals surface area contributed by atoms with Gasteiger partial charge in [-0.3, -0.25) is 0 Å². The summed E-state index contributed by atoms with van der Waals surface area (Å²) >= 11 is 0. The van der Waals surface area contributed by atoms with Gasteiger partial charge in [0.2, 0.25) is 0 Å². The zero-order chi connectivity index (χ0) is 10.6. The van der Waals surface area contributed by atoms with Gasteiger partial charge in [0.25, 0.3) is 10.0 Å². The molecule has 1 heterocycles.